The first-order valence-electron chi connectivity index (χ1n) is 4.23. The molecule has 0 unspecified atom stereocenters. The number of aromatic amines is 1. The normalized spacial score (nSPS) is 11.7. The van der Waals surface area contributed by atoms with Crippen LogP contribution >= 0.6 is 11.6 Å². The van der Waals surface area contributed by atoms with Gasteiger partial charge in [0.15, 0.2) is 0 Å². The van der Waals surface area contributed by atoms with Gasteiger partial charge in [0.1, 0.15) is 5.15 Å². The molecule has 0 fully saturated rings. The third-order valence-corrected chi connectivity index (χ3v) is 2.10. The SMILES string of the molecule is CCC(F)(F)Cn1c(=O)cc(Cl)[nH]c1=O. The van der Waals surface area contributed by atoms with E-state index in [-0.39, 0.29) is 5.15 Å². The molecule has 1 rings (SSSR count). The highest BCUT2D eigenvalue weighted by Crippen LogP contribution is 2.18. The van der Waals surface area contributed by atoms with E-state index in [2.05, 4.69) is 4.98 Å². The van der Waals surface area contributed by atoms with Crippen LogP contribution in [0.4, 0.5) is 8.78 Å². The molecule has 0 aliphatic heterocycles. The Morgan fingerprint density at radius 2 is 2.13 bits per heavy atom. The molecule has 0 radical (unpaired) electrons. The van der Waals surface area contributed by atoms with Crippen molar-refractivity contribution in [3.63, 3.8) is 0 Å². The maximum atomic E-state index is 13.0. The van der Waals surface area contributed by atoms with Crippen LogP contribution in [0.15, 0.2) is 15.7 Å². The van der Waals surface area contributed by atoms with Gasteiger partial charge in [-0.15, -0.1) is 0 Å². The second-order valence-corrected chi connectivity index (χ2v) is 3.46. The Labute approximate surface area is 88.5 Å². The molecule has 0 amide bonds. The van der Waals surface area contributed by atoms with Crippen molar-refractivity contribution in [3.8, 4) is 0 Å². The van der Waals surface area contributed by atoms with Gasteiger partial charge in [-0.05, 0) is 0 Å². The van der Waals surface area contributed by atoms with Gasteiger partial charge >= 0.3 is 5.69 Å². The van der Waals surface area contributed by atoms with Crippen LogP contribution in [0, 0.1) is 0 Å². The van der Waals surface area contributed by atoms with Gasteiger partial charge in [-0.25, -0.2) is 13.6 Å². The predicted octanol–water partition coefficient (Wildman–Crippen LogP) is 1.24. The van der Waals surface area contributed by atoms with Crippen LogP contribution in [0.5, 0.6) is 0 Å². The summed E-state index contributed by atoms with van der Waals surface area (Å²) in [6.45, 7) is 0.337. The van der Waals surface area contributed by atoms with Crippen LogP contribution in [0.1, 0.15) is 13.3 Å². The fourth-order valence-electron chi connectivity index (χ4n) is 0.985. The predicted molar refractivity (Wildman–Crippen MR) is 51.6 cm³/mol. The molecule has 0 saturated heterocycles. The molecule has 1 aromatic rings. The highest BCUT2D eigenvalue weighted by atomic mass is 35.5. The molecule has 15 heavy (non-hydrogen) atoms. The summed E-state index contributed by atoms with van der Waals surface area (Å²) in [7, 11) is 0. The molecule has 0 aliphatic rings. The smallest absolute Gasteiger partial charge is 0.298 e. The Hall–Kier alpha value is -1.17. The molecule has 1 aromatic heterocycles. The quantitative estimate of drug-likeness (QED) is 0.806. The minimum atomic E-state index is -3.08. The summed E-state index contributed by atoms with van der Waals surface area (Å²) < 4.78 is 26.3. The number of aromatic nitrogens is 2. The molecule has 0 atom stereocenters. The lowest BCUT2D eigenvalue weighted by atomic mass is 10.2. The summed E-state index contributed by atoms with van der Waals surface area (Å²) in [5, 5.41) is -0.166. The van der Waals surface area contributed by atoms with Gasteiger partial charge in [0.05, 0.1) is 6.54 Å². The Morgan fingerprint density at radius 3 is 2.60 bits per heavy atom. The summed E-state index contributed by atoms with van der Waals surface area (Å²) in [5.41, 5.74) is -1.77. The fourth-order valence-corrected chi connectivity index (χ4v) is 1.16. The van der Waals surface area contributed by atoms with Gasteiger partial charge in [0.25, 0.3) is 11.5 Å². The van der Waals surface area contributed by atoms with Crippen LogP contribution in [0.25, 0.3) is 0 Å². The summed E-state index contributed by atoms with van der Waals surface area (Å²) in [6, 6.07) is 0.884. The monoisotopic (exact) mass is 238 g/mol. The van der Waals surface area contributed by atoms with Gasteiger partial charge in [-0.1, -0.05) is 18.5 Å². The van der Waals surface area contributed by atoms with Crippen molar-refractivity contribution in [3.05, 3.63) is 32.1 Å². The molecular weight excluding hydrogens is 230 g/mol. The second kappa shape index (κ2) is 4.14. The molecular formula is C8H9ClF2N2O2. The third-order valence-electron chi connectivity index (χ3n) is 1.89. The van der Waals surface area contributed by atoms with Crippen LogP contribution in [0.2, 0.25) is 5.15 Å². The van der Waals surface area contributed by atoms with Crippen molar-refractivity contribution in [2.45, 2.75) is 25.8 Å². The number of nitrogens with zero attached hydrogens (tertiary/aromatic N) is 1. The van der Waals surface area contributed by atoms with Gasteiger partial charge < -0.3 is 0 Å². The highest BCUT2D eigenvalue weighted by molar-refractivity contribution is 6.29. The van der Waals surface area contributed by atoms with E-state index in [1.54, 1.807) is 0 Å². The Bertz CT molecular complexity index is 435. The zero-order valence-electron chi connectivity index (χ0n) is 7.89. The number of H-pyrrole nitrogens is 1. The van der Waals surface area contributed by atoms with Crippen molar-refractivity contribution in [2.24, 2.45) is 0 Å². The number of halogens is 3. The second-order valence-electron chi connectivity index (χ2n) is 3.06. The Morgan fingerprint density at radius 1 is 1.53 bits per heavy atom. The van der Waals surface area contributed by atoms with Gasteiger partial charge in [-0.2, -0.15) is 0 Å². The highest BCUT2D eigenvalue weighted by Gasteiger charge is 2.28. The summed E-state index contributed by atoms with van der Waals surface area (Å²) in [6.07, 6.45) is -0.443. The minimum absolute atomic E-state index is 0.166. The van der Waals surface area contributed by atoms with Crippen molar-refractivity contribution in [1.82, 2.24) is 9.55 Å². The van der Waals surface area contributed by atoms with Gasteiger partial charge in [0, 0.05) is 12.5 Å². The van der Waals surface area contributed by atoms with E-state index in [1.165, 1.54) is 6.92 Å². The molecule has 1 heterocycles. The van der Waals surface area contributed by atoms with Crippen molar-refractivity contribution >= 4 is 11.6 Å². The topological polar surface area (TPSA) is 54.9 Å². The van der Waals surface area contributed by atoms with E-state index < -0.39 is 30.1 Å². The maximum absolute atomic E-state index is 13.0. The number of rotatable bonds is 3. The molecule has 4 nitrogen and oxygen atoms in total. The number of alkyl halides is 2. The lowest BCUT2D eigenvalue weighted by Gasteiger charge is -2.14. The number of hydrogen-bond donors (Lipinski definition) is 1. The van der Waals surface area contributed by atoms with E-state index in [9.17, 15) is 18.4 Å². The standard InChI is InChI=1S/C8H9ClF2N2O2/c1-2-8(10,11)4-13-6(14)3-5(9)12-7(13)15/h3H,2,4H2,1H3,(H,12,15). The average Bonchev–Trinajstić information content (AvgIpc) is 2.11. The minimum Gasteiger partial charge on any atom is -0.298 e. The summed E-state index contributed by atoms with van der Waals surface area (Å²) in [5.74, 6) is -3.08. The van der Waals surface area contributed by atoms with Crippen LogP contribution in [0.3, 0.4) is 0 Å². The average molecular weight is 239 g/mol. The first-order valence-corrected chi connectivity index (χ1v) is 4.61. The Balaban J connectivity index is 3.17. The third kappa shape index (κ3) is 2.89. The molecule has 0 saturated carbocycles. The van der Waals surface area contributed by atoms with Crippen LogP contribution in [-0.2, 0) is 6.54 Å². The lowest BCUT2D eigenvalue weighted by molar-refractivity contribution is -0.0218. The lowest BCUT2D eigenvalue weighted by Crippen LogP contribution is -2.40. The zero-order valence-corrected chi connectivity index (χ0v) is 8.65. The zero-order chi connectivity index (χ0) is 11.6. The van der Waals surface area contributed by atoms with Crippen molar-refractivity contribution in [1.29, 1.82) is 0 Å². The molecule has 7 heteroatoms. The number of nitrogens with one attached hydrogen (secondary N) is 1. The summed E-state index contributed by atoms with van der Waals surface area (Å²) in [4.78, 5) is 24.4. The van der Waals surface area contributed by atoms with E-state index in [1.807, 2.05) is 0 Å². The molecule has 0 bridgehead atoms. The van der Waals surface area contributed by atoms with Crippen LogP contribution < -0.4 is 11.2 Å². The Kier molecular flexibility index (Phi) is 3.28. The largest absolute Gasteiger partial charge is 0.329 e. The number of hydrogen-bond acceptors (Lipinski definition) is 2. The first-order chi connectivity index (χ1) is 6.85. The maximum Gasteiger partial charge on any atom is 0.329 e. The molecule has 0 aromatic carbocycles. The van der Waals surface area contributed by atoms with Gasteiger partial charge in [0.2, 0.25) is 0 Å². The van der Waals surface area contributed by atoms with Crippen LogP contribution in [-0.4, -0.2) is 15.5 Å². The van der Waals surface area contributed by atoms with E-state index >= 15 is 0 Å². The molecule has 0 aliphatic carbocycles. The van der Waals surface area contributed by atoms with Gasteiger partial charge in [-0.3, -0.25) is 14.3 Å². The summed E-state index contributed by atoms with van der Waals surface area (Å²) >= 11 is 5.37. The fraction of sp³-hybridized carbons (Fsp3) is 0.500. The van der Waals surface area contributed by atoms with E-state index in [0.717, 1.165) is 6.07 Å². The van der Waals surface area contributed by atoms with E-state index in [0.29, 0.717) is 4.57 Å². The first kappa shape index (κ1) is 11.9. The van der Waals surface area contributed by atoms with Crippen molar-refractivity contribution in [2.75, 3.05) is 0 Å². The molecule has 0 spiro atoms. The molecule has 1 N–H and O–H groups in total. The van der Waals surface area contributed by atoms with Crippen molar-refractivity contribution < 1.29 is 8.78 Å². The molecule has 84 valence electrons. The van der Waals surface area contributed by atoms with E-state index in [4.69, 9.17) is 11.6 Å².